The zero-order valence-corrected chi connectivity index (χ0v) is 18.0. The minimum atomic E-state index is -0.210. The van der Waals surface area contributed by atoms with Gasteiger partial charge in [0.1, 0.15) is 6.04 Å². The second kappa shape index (κ2) is 8.69. The third-order valence-electron chi connectivity index (χ3n) is 5.12. The van der Waals surface area contributed by atoms with Gasteiger partial charge in [-0.2, -0.15) is 0 Å². The van der Waals surface area contributed by atoms with Crippen molar-refractivity contribution in [2.45, 2.75) is 57.8 Å². The molecule has 0 amide bonds. The lowest BCUT2D eigenvalue weighted by Crippen LogP contribution is -2.38. The van der Waals surface area contributed by atoms with Crippen molar-refractivity contribution in [3.05, 3.63) is 58.3 Å². The van der Waals surface area contributed by atoms with Crippen molar-refractivity contribution in [1.29, 1.82) is 0 Å². The molecule has 4 rings (SSSR count). The summed E-state index contributed by atoms with van der Waals surface area (Å²) in [5.41, 5.74) is 0.958. The fraction of sp³-hybridized carbons (Fsp3) is 0.524. The molecular formula is C21H28N6OS. The van der Waals surface area contributed by atoms with Crippen LogP contribution in [0.4, 0.5) is 0 Å². The van der Waals surface area contributed by atoms with Crippen LogP contribution in [0.5, 0.6) is 0 Å². The summed E-state index contributed by atoms with van der Waals surface area (Å²) in [6, 6.07) is 8.32. The molecule has 1 fully saturated rings. The average Bonchev–Trinajstić information content (AvgIpc) is 3.45. The average molecular weight is 413 g/mol. The number of rotatable bonds is 7. The highest BCUT2D eigenvalue weighted by molar-refractivity contribution is 7.10. The summed E-state index contributed by atoms with van der Waals surface area (Å²) in [6.45, 7) is 8.81. The van der Waals surface area contributed by atoms with E-state index in [1.165, 1.54) is 10.4 Å². The van der Waals surface area contributed by atoms with Crippen LogP contribution in [0.3, 0.4) is 0 Å². The molecule has 0 radical (unpaired) electrons. The number of aromatic nitrogens is 5. The molecule has 0 bridgehead atoms. The number of pyridine rings is 1. The van der Waals surface area contributed by atoms with Crippen LogP contribution in [-0.2, 0) is 16.8 Å². The maximum Gasteiger partial charge on any atom is 0.174 e. The number of tetrazole rings is 1. The molecule has 1 aliphatic rings. The summed E-state index contributed by atoms with van der Waals surface area (Å²) in [4.78, 5) is 7.98. The van der Waals surface area contributed by atoms with Gasteiger partial charge >= 0.3 is 0 Å². The van der Waals surface area contributed by atoms with Gasteiger partial charge in [0.2, 0.25) is 0 Å². The zero-order chi connectivity index (χ0) is 20.3. The van der Waals surface area contributed by atoms with E-state index in [4.69, 9.17) is 4.74 Å². The maximum absolute atomic E-state index is 5.99. The van der Waals surface area contributed by atoms with Gasteiger partial charge < -0.3 is 4.74 Å². The predicted octanol–water partition coefficient (Wildman–Crippen LogP) is 3.66. The van der Waals surface area contributed by atoms with Crippen LogP contribution in [0.1, 0.15) is 55.9 Å². The third kappa shape index (κ3) is 4.71. The van der Waals surface area contributed by atoms with E-state index in [1.54, 1.807) is 11.3 Å². The lowest BCUT2D eigenvalue weighted by molar-refractivity contribution is 0.0572. The van der Waals surface area contributed by atoms with Gasteiger partial charge in [0.25, 0.3) is 0 Å². The van der Waals surface area contributed by atoms with E-state index in [2.05, 4.69) is 69.8 Å². The smallest absolute Gasteiger partial charge is 0.174 e. The molecule has 0 saturated carbocycles. The highest BCUT2D eigenvalue weighted by Gasteiger charge is 2.34. The van der Waals surface area contributed by atoms with E-state index in [0.29, 0.717) is 0 Å². The first-order chi connectivity index (χ1) is 14.0. The van der Waals surface area contributed by atoms with Crippen LogP contribution in [0.15, 0.2) is 42.0 Å². The highest BCUT2D eigenvalue weighted by Crippen LogP contribution is 2.34. The first kappa shape index (κ1) is 20.1. The molecule has 4 heterocycles. The fourth-order valence-corrected chi connectivity index (χ4v) is 4.65. The Labute approximate surface area is 175 Å². The molecule has 29 heavy (non-hydrogen) atoms. The van der Waals surface area contributed by atoms with Crippen LogP contribution in [0.2, 0.25) is 0 Å². The van der Waals surface area contributed by atoms with Gasteiger partial charge in [-0.3, -0.25) is 9.88 Å². The number of hydrogen-bond acceptors (Lipinski definition) is 7. The van der Waals surface area contributed by atoms with Crippen LogP contribution >= 0.6 is 11.3 Å². The lowest BCUT2D eigenvalue weighted by Gasteiger charge is -2.33. The van der Waals surface area contributed by atoms with Crippen LogP contribution < -0.4 is 0 Å². The van der Waals surface area contributed by atoms with Crippen LogP contribution in [-0.4, -0.2) is 49.3 Å². The summed E-state index contributed by atoms with van der Waals surface area (Å²) in [7, 11) is 0. The summed E-state index contributed by atoms with van der Waals surface area (Å²) >= 11 is 1.74. The van der Waals surface area contributed by atoms with Gasteiger partial charge in [0.05, 0.1) is 11.6 Å². The summed E-state index contributed by atoms with van der Waals surface area (Å²) in [5, 5.41) is 15.0. The SMILES string of the molecule is CC(C)(C)n1nnnc1[C@@H](c1cccs1)N(Cc1cccnc1)C[C@@H]1CCCO1. The molecule has 0 unspecified atom stereocenters. The number of thiophene rings is 1. The minimum Gasteiger partial charge on any atom is -0.377 e. The Kier molecular flexibility index (Phi) is 6.03. The van der Waals surface area contributed by atoms with E-state index in [-0.39, 0.29) is 17.7 Å². The third-order valence-corrected chi connectivity index (χ3v) is 6.05. The maximum atomic E-state index is 5.99. The van der Waals surface area contributed by atoms with E-state index < -0.39 is 0 Å². The fourth-order valence-electron chi connectivity index (χ4n) is 3.80. The molecule has 0 spiro atoms. The predicted molar refractivity (Wildman–Crippen MR) is 113 cm³/mol. The van der Waals surface area contributed by atoms with Crippen molar-refractivity contribution in [2.75, 3.05) is 13.2 Å². The topological polar surface area (TPSA) is 69.0 Å². The molecule has 1 aliphatic heterocycles. The summed E-state index contributed by atoms with van der Waals surface area (Å²) in [6.07, 6.45) is 6.18. The molecule has 7 nitrogen and oxygen atoms in total. The molecule has 3 aromatic heterocycles. The van der Waals surface area contributed by atoms with Gasteiger partial charge in [0.15, 0.2) is 5.82 Å². The van der Waals surface area contributed by atoms with Crippen LogP contribution in [0.25, 0.3) is 0 Å². The molecule has 2 atom stereocenters. The van der Waals surface area contributed by atoms with E-state index >= 15 is 0 Å². The summed E-state index contributed by atoms with van der Waals surface area (Å²) < 4.78 is 7.94. The molecule has 1 saturated heterocycles. The van der Waals surface area contributed by atoms with Crippen LogP contribution in [0, 0.1) is 0 Å². The number of nitrogens with zero attached hydrogens (tertiary/aromatic N) is 6. The molecule has 0 aliphatic carbocycles. The van der Waals surface area contributed by atoms with E-state index in [9.17, 15) is 0 Å². The van der Waals surface area contributed by atoms with E-state index in [0.717, 1.165) is 38.4 Å². The van der Waals surface area contributed by atoms with Crippen molar-refractivity contribution < 1.29 is 4.74 Å². The molecule has 154 valence electrons. The Balaban J connectivity index is 1.75. The highest BCUT2D eigenvalue weighted by atomic mass is 32.1. The van der Waals surface area contributed by atoms with Crippen molar-refractivity contribution >= 4 is 11.3 Å². The van der Waals surface area contributed by atoms with Crippen molar-refractivity contribution in [1.82, 2.24) is 30.1 Å². The second-order valence-corrected chi connectivity index (χ2v) is 9.44. The Morgan fingerprint density at radius 2 is 2.21 bits per heavy atom. The van der Waals surface area contributed by atoms with Crippen molar-refractivity contribution in [2.24, 2.45) is 0 Å². The minimum absolute atomic E-state index is 0.0476. The van der Waals surface area contributed by atoms with Gasteiger partial charge in [-0.05, 0) is 67.1 Å². The summed E-state index contributed by atoms with van der Waals surface area (Å²) in [5.74, 6) is 0.863. The lowest BCUT2D eigenvalue weighted by atomic mass is 10.1. The molecular weight excluding hydrogens is 384 g/mol. The first-order valence-electron chi connectivity index (χ1n) is 10.1. The quantitative estimate of drug-likeness (QED) is 0.590. The largest absolute Gasteiger partial charge is 0.377 e. The first-order valence-corrected chi connectivity index (χ1v) is 11.0. The molecule has 0 aromatic carbocycles. The zero-order valence-electron chi connectivity index (χ0n) is 17.2. The molecule has 3 aromatic rings. The van der Waals surface area contributed by atoms with Gasteiger partial charge in [0, 0.05) is 37.0 Å². The number of hydrogen-bond donors (Lipinski definition) is 0. The Morgan fingerprint density at radius 3 is 2.86 bits per heavy atom. The van der Waals surface area contributed by atoms with Gasteiger partial charge in [-0.15, -0.1) is 16.4 Å². The molecule has 0 N–H and O–H groups in total. The van der Waals surface area contributed by atoms with Gasteiger partial charge in [-0.1, -0.05) is 12.1 Å². The normalized spacial score (nSPS) is 18.4. The Morgan fingerprint density at radius 1 is 1.31 bits per heavy atom. The van der Waals surface area contributed by atoms with E-state index in [1.807, 2.05) is 23.1 Å². The Bertz CT molecular complexity index is 884. The van der Waals surface area contributed by atoms with Crippen molar-refractivity contribution in [3.8, 4) is 0 Å². The van der Waals surface area contributed by atoms with Gasteiger partial charge in [-0.25, -0.2) is 4.68 Å². The second-order valence-electron chi connectivity index (χ2n) is 8.46. The number of ether oxygens (including phenoxy) is 1. The standard InChI is InChI=1S/C21H28N6OS/c1-21(2,3)27-20(23-24-25-27)19(18-9-6-12-29-18)26(15-17-8-5-11-28-17)14-16-7-4-10-22-13-16/h4,6-7,9-10,12-13,17,19H,5,8,11,14-15H2,1-3H3/t17-,19+/m0/s1. The Hall–Kier alpha value is -2.16. The monoisotopic (exact) mass is 412 g/mol. The van der Waals surface area contributed by atoms with Crippen molar-refractivity contribution in [3.63, 3.8) is 0 Å². The molecule has 8 heteroatoms.